The first-order valence-electron chi connectivity index (χ1n) is 9.33. The number of hydrogen-bond acceptors (Lipinski definition) is 5. The van der Waals surface area contributed by atoms with E-state index in [4.69, 9.17) is 4.74 Å². The Morgan fingerprint density at radius 1 is 1.03 bits per heavy atom. The van der Waals surface area contributed by atoms with E-state index < -0.39 is 0 Å². The van der Waals surface area contributed by atoms with E-state index in [1.54, 1.807) is 35.4 Å². The molecule has 4 rings (SSSR count). The van der Waals surface area contributed by atoms with Crippen LogP contribution < -0.4 is 10.1 Å². The molecule has 1 amide bonds. The van der Waals surface area contributed by atoms with Gasteiger partial charge in [0.1, 0.15) is 25.0 Å². The highest BCUT2D eigenvalue weighted by Gasteiger charge is 2.02. The zero-order valence-corrected chi connectivity index (χ0v) is 16.1. The summed E-state index contributed by atoms with van der Waals surface area (Å²) in [5.74, 6) is 1.16. The fraction of sp³-hybridized carbons (Fsp3) is 0.0435. The molecule has 148 valence electrons. The predicted octanol–water partition coefficient (Wildman–Crippen LogP) is 3.89. The van der Waals surface area contributed by atoms with Gasteiger partial charge >= 0.3 is 0 Å². The molecule has 0 saturated carbocycles. The van der Waals surface area contributed by atoms with E-state index in [0.717, 1.165) is 16.9 Å². The predicted molar refractivity (Wildman–Crippen MR) is 114 cm³/mol. The Balaban J connectivity index is 1.29. The fourth-order valence-corrected chi connectivity index (χ4v) is 2.69. The Morgan fingerprint density at radius 2 is 1.87 bits per heavy atom. The van der Waals surface area contributed by atoms with E-state index in [-0.39, 0.29) is 5.91 Å². The van der Waals surface area contributed by atoms with Crippen molar-refractivity contribution in [3.05, 3.63) is 103 Å². The quantitative estimate of drug-likeness (QED) is 0.479. The molecule has 0 aliphatic rings. The molecule has 2 aromatic carbocycles. The Hall–Kier alpha value is -4.26. The standard InChI is InChI=1S/C23H19N5O2/c29-23(27-20-9-12-22(25-14-20)28-17-24-16-26-28)13-8-18-6-10-21(11-7-18)30-15-19-4-2-1-3-5-19/h1-14,16-17H,15H2,(H,27,29)/b13-8+. The summed E-state index contributed by atoms with van der Waals surface area (Å²) in [6.07, 6.45) is 7.78. The number of amides is 1. The average Bonchev–Trinajstić information content (AvgIpc) is 3.33. The van der Waals surface area contributed by atoms with Crippen molar-refractivity contribution >= 4 is 17.7 Å². The summed E-state index contributed by atoms with van der Waals surface area (Å²) in [5, 5.41) is 6.79. The second kappa shape index (κ2) is 9.29. The van der Waals surface area contributed by atoms with Crippen molar-refractivity contribution in [3.63, 3.8) is 0 Å². The lowest BCUT2D eigenvalue weighted by Crippen LogP contribution is -2.08. The molecular formula is C23H19N5O2. The summed E-state index contributed by atoms with van der Waals surface area (Å²) in [6.45, 7) is 0.516. The third kappa shape index (κ3) is 5.17. The molecule has 2 aromatic heterocycles. The van der Waals surface area contributed by atoms with Gasteiger partial charge in [-0.15, -0.1) is 0 Å². The number of pyridine rings is 1. The van der Waals surface area contributed by atoms with Gasteiger partial charge in [0, 0.05) is 6.08 Å². The highest BCUT2D eigenvalue weighted by atomic mass is 16.5. The van der Waals surface area contributed by atoms with Gasteiger partial charge in [-0.25, -0.2) is 14.6 Å². The van der Waals surface area contributed by atoms with Crippen molar-refractivity contribution in [2.75, 3.05) is 5.32 Å². The van der Waals surface area contributed by atoms with Crippen LogP contribution in [0.3, 0.4) is 0 Å². The van der Waals surface area contributed by atoms with Gasteiger partial charge in [0.05, 0.1) is 11.9 Å². The van der Waals surface area contributed by atoms with Gasteiger partial charge in [0.15, 0.2) is 5.82 Å². The molecule has 0 radical (unpaired) electrons. The Morgan fingerprint density at radius 3 is 2.57 bits per heavy atom. The Bertz CT molecular complexity index is 1110. The van der Waals surface area contributed by atoms with Crippen molar-refractivity contribution in [1.82, 2.24) is 19.7 Å². The summed E-state index contributed by atoms with van der Waals surface area (Å²) in [6, 6.07) is 21.1. The zero-order chi connectivity index (χ0) is 20.6. The van der Waals surface area contributed by atoms with E-state index in [1.165, 1.54) is 12.4 Å². The SMILES string of the molecule is O=C(/C=C/c1ccc(OCc2ccccc2)cc1)Nc1ccc(-n2cncn2)nc1. The minimum absolute atomic E-state index is 0.241. The highest BCUT2D eigenvalue weighted by Crippen LogP contribution is 2.15. The van der Waals surface area contributed by atoms with Crippen LogP contribution in [0.2, 0.25) is 0 Å². The van der Waals surface area contributed by atoms with Crippen LogP contribution in [0.4, 0.5) is 5.69 Å². The second-order valence-electron chi connectivity index (χ2n) is 6.41. The average molecular weight is 397 g/mol. The van der Waals surface area contributed by atoms with Gasteiger partial charge in [-0.1, -0.05) is 42.5 Å². The van der Waals surface area contributed by atoms with Crippen LogP contribution in [0.1, 0.15) is 11.1 Å². The van der Waals surface area contributed by atoms with E-state index in [2.05, 4.69) is 20.4 Å². The maximum Gasteiger partial charge on any atom is 0.248 e. The zero-order valence-electron chi connectivity index (χ0n) is 16.1. The molecule has 0 aliphatic carbocycles. The number of nitrogens with one attached hydrogen (secondary N) is 1. The third-order valence-corrected chi connectivity index (χ3v) is 4.22. The van der Waals surface area contributed by atoms with Crippen LogP contribution in [0, 0.1) is 0 Å². The van der Waals surface area contributed by atoms with Crippen LogP contribution in [0.15, 0.2) is 91.7 Å². The fourth-order valence-electron chi connectivity index (χ4n) is 2.69. The van der Waals surface area contributed by atoms with E-state index >= 15 is 0 Å². The summed E-state index contributed by atoms with van der Waals surface area (Å²) in [7, 11) is 0. The van der Waals surface area contributed by atoms with Crippen molar-refractivity contribution in [1.29, 1.82) is 0 Å². The van der Waals surface area contributed by atoms with Gasteiger partial charge < -0.3 is 10.1 Å². The summed E-state index contributed by atoms with van der Waals surface area (Å²) >= 11 is 0. The van der Waals surface area contributed by atoms with E-state index in [1.807, 2.05) is 54.6 Å². The van der Waals surface area contributed by atoms with E-state index in [0.29, 0.717) is 18.1 Å². The van der Waals surface area contributed by atoms with Crippen molar-refractivity contribution in [2.45, 2.75) is 6.61 Å². The summed E-state index contributed by atoms with van der Waals surface area (Å²) in [5.41, 5.74) is 2.61. The van der Waals surface area contributed by atoms with Crippen LogP contribution in [-0.4, -0.2) is 25.7 Å². The molecule has 0 bridgehead atoms. The lowest BCUT2D eigenvalue weighted by atomic mass is 10.2. The number of rotatable bonds is 7. The molecule has 0 saturated heterocycles. The molecule has 0 aliphatic heterocycles. The topological polar surface area (TPSA) is 81.9 Å². The van der Waals surface area contributed by atoms with Crippen LogP contribution in [-0.2, 0) is 11.4 Å². The maximum atomic E-state index is 12.1. The van der Waals surface area contributed by atoms with Crippen molar-refractivity contribution in [2.24, 2.45) is 0 Å². The number of aromatic nitrogens is 4. The first-order chi connectivity index (χ1) is 14.8. The molecule has 30 heavy (non-hydrogen) atoms. The molecule has 0 spiro atoms. The largest absolute Gasteiger partial charge is 0.489 e. The molecule has 2 heterocycles. The number of nitrogens with zero attached hydrogens (tertiary/aromatic N) is 4. The van der Waals surface area contributed by atoms with Gasteiger partial charge in [-0.2, -0.15) is 5.10 Å². The number of hydrogen-bond donors (Lipinski definition) is 1. The molecule has 0 fully saturated rings. The van der Waals surface area contributed by atoms with E-state index in [9.17, 15) is 4.79 Å². The first-order valence-corrected chi connectivity index (χ1v) is 9.33. The van der Waals surface area contributed by atoms with Crippen LogP contribution >= 0.6 is 0 Å². The Kier molecular flexibility index (Phi) is 5.91. The minimum atomic E-state index is -0.241. The van der Waals surface area contributed by atoms with Crippen LogP contribution in [0.5, 0.6) is 5.75 Å². The molecule has 0 unspecified atom stereocenters. The maximum absolute atomic E-state index is 12.1. The van der Waals surface area contributed by atoms with Crippen molar-refractivity contribution < 1.29 is 9.53 Å². The molecule has 1 N–H and O–H groups in total. The van der Waals surface area contributed by atoms with Gasteiger partial charge in [0.25, 0.3) is 0 Å². The monoisotopic (exact) mass is 397 g/mol. The smallest absolute Gasteiger partial charge is 0.248 e. The third-order valence-electron chi connectivity index (χ3n) is 4.22. The molecule has 7 nitrogen and oxygen atoms in total. The lowest BCUT2D eigenvalue weighted by Gasteiger charge is -2.06. The molecular weight excluding hydrogens is 378 g/mol. The number of ether oxygens (including phenoxy) is 1. The number of benzene rings is 2. The van der Waals surface area contributed by atoms with Gasteiger partial charge in [-0.05, 0) is 41.5 Å². The molecule has 0 atom stereocenters. The van der Waals surface area contributed by atoms with Gasteiger partial charge in [0.2, 0.25) is 5.91 Å². The minimum Gasteiger partial charge on any atom is -0.489 e. The number of anilines is 1. The molecule has 7 heteroatoms. The Labute approximate surface area is 173 Å². The normalized spacial score (nSPS) is 10.8. The summed E-state index contributed by atoms with van der Waals surface area (Å²) in [4.78, 5) is 20.3. The van der Waals surface area contributed by atoms with Crippen molar-refractivity contribution in [3.8, 4) is 11.6 Å². The molecule has 4 aromatic rings. The first kappa shape index (κ1) is 19.1. The summed E-state index contributed by atoms with van der Waals surface area (Å²) < 4.78 is 7.31. The number of carbonyl (C=O) groups excluding carboxylic acids is 1. The number of carbonyl (C=O) groups is 1. The highest BCUT2D eigenvalue weighted by molar-refractivity contribution is 6.01. The van der Waals surface area contributed by atoms with Gasteiger partial charge in [-0.3, -0.25) is 4.79 Å². The second-order valence-corrected chi connectivity index (χ2v) is 6.41. The van der Waals surface area contributed by atoms with Crippen LogP contribution in [0.25, 0.3) is 11.9 Å². The lowest BCUT2D eigenvalue weighted by molar-refractivity contribution is -0.111.